The molecule has 1 fully saturated rings. The highest BCUT2D eigenvalue weighted by Crippen LogP contribution is 2.29. The van der Waals surface area contributed by atoms with Crippen LogP contribution in [0.1, 0.15) is 43.0 Å². The Morgan fingerprint density at radius 3 is 2.47 bits per heavy atom. The van der Waals surface area contributed by atoms with E-state index in [2.05, 4.69) is 0 Å². The molecule has 0 aromatic heterocycles. The summed E-state index contributed by atoms with van der Waals surface area (Å²) in [5, 5.41) is 0. The molecule has 0 N–H and O–H groups in total. The van der Waals surface area contributed by atoms with Crippen LogP contribution in [0, 0.1) is 17.6 Å². The van der Waals surface area contributed by atoms with E-state index in [1.807, 2.05) is 11.8 Å². The Kier molecular flexibility index (Phi) is 4.51. The second kappa shape index (κ2) is 6.13. The van der Waals surface area contributed by atoms with Gasteiger partial charge in [-0.3, -0.25) is 4.79 Å². The lowest BCUT2D eigenvalue weighted by molar-refractivity contribution is 0.112. The van der Waals surface area contributed by atoms with Crippen LogP contribution in [0.25, 0.3) is 0 Å². The third kappa shape index (κ3) is 3.11. The molecule has 0 spiro atoms. The van der Waals surface area contributed by atoms with Gasteiger partial charge < -0.3 is 4.90 Å². The summed E-state index contributed by atoms with van der Waals surface area (Å²) >= 11 is 0. The van der Waals surface area contributed by atoms with Gasteiger partial charge in [-0.25, -0.2) is 8.78 Å². The third-order valence-electron chi connectivity index (χ3n) is 3.87. The normalized spacial score (nSPS) is 15.7. The summed E-state index contributed by atoms with van der Waals surface area (Å²) in [5.41, 5.74) is 0.724. The molecule has 1 aliphatic carbocycles. The maximum absolute atomic E-state index is 13.4. The SMILES string of the molecule is CCN(CC1CCCC1)c1cc(F)c(F)cc1C=O. The number of rotatable bonds is 5. The molecule has 1 aliphatic rings. The monoisotopic (exact) mass is 267 g/mol. The van der Waals surface area contributed by atoms with Gasteiger partial charge in [0.05, 0.1) is 5.69 Å². The first-order valence-electron chi connectivity index (χ1n) is 6.84. The average Bonchev–Trinajstić information content (AvgIpc) is 2.91. The van der Waals surface area contributed by atoms with Crippen molar-refractivity contribution in [2.45, 2.75) is 32.6 Å². The fraction of sp³-hybridized carbons (Fsp3) is 0.533. The maximum atomic E-state index is 13.4. The van der Waals surface area contributed by atoms with Crippen molar-refractivity contribution in [3.63, 3.8) is 0 Å². The summed E-state index contributed by atoms with van der Waals surface area (Å²) in [7, 11) is 0. The standard InChI is InChI=1S/C15H19F2NO/c1-2-18(9-11-5-3-4-6-11)15-8-14(17)13(16)7-12(15)10-19/h7-8,10-11H,2-6,9H2,1H3. The fourth-order valence-corrected chi connectivity index (χ4v) is 2.82. The van der Waals surface area contributed by atoms with Gasteiger partial charge in [-0.2, -0.15) is 0 Å². The minimum absolute atomic E-state index is 0.221. The van der Waals surface area contributed by atoms with Crippen LogP contribution in [0.2, 0.25) is 0 Å². The molecule has 0 atom stereocenters. The topological polar surface area (TPSA) is 20.3 Å². The van der Waals surface area contributed by atoms with E-state index >= 15 is 0 Å². The van der Waals surface area contributed by atoms with Crippen LogP contribution in [0.3, 0.4) is 0 Å². The van der Waals surface area contributed by atoms with Gasteiger partial charge in [-0.05, 0) is 31.7 Å². The van der Waals surface area contributed by atoms with Crippen molar-refractivity contribution in [2.24, 2.45) is 5.92 Å². The number of carbonyl (C=O) groups is 1. The number of halogens is 2. The summed E-state index contributed by atoms with van der Waals surface area (Å²) in [5.74, 6) is -1.28. The van der Waals surface area contributed by atoms with Crippen LogP contribution in [0.15, 0.2) is 12.1 Å². The predicted molar refractivity (Wildman–Crippen MR) is 71.6 cm³/mol. The number of benzene rings is 1. The largest absolute Gasteiger partial charge is 0.371 e. The van der Waals surface area contributed by atoms with E-state index in [4.69, 9.17) is 0 Å². The molecule has 1 saturated carbocycles. The minimum atomic E-state index is -0.970. The fourth-order valence-electron chi connectivity index (χ4n) is 2.82. The molecule has 0 radical (unpaired) electrons. The number of nitrogens with zero attached hydrogens (tertiary/aromatic N) is 1. The Hall–Kier alpha value is -1.45. The van der Waals surface area contributed by atoms with Gasteiger partial charge in [0.1, 0.15) is 0 Å². The zero-order chi connectivity index (χ0) is 13.8. The average molecular weight is 267 g/mol. The van der Waals surface area contributed by atoms with Crippen molar-refractivity contribution in [1.29, 1.82) is 0 Å². The Morgan fingerprint density at radius 1 is 1.26 bits per heavy atom. The molecule has 104 valence electrons. The van der Waals surface area contributed by atoms with Crippen LogP contribution in [0.4, 0.5) is 14.5 Å². The van der Waals surface area contributed by atoms with Crippen molar-refractivity contribution < 1.29 is 13.6 Å². The van der Waals surface area contributed by atoms with Crippen LogP contribution in [-0.4, -0.2) is 19.4 Å². The molecular formula is C15H19F2NO. The lowest BCUT2D eigenvalue weighted by Crippen LogP contribution is -2.29. The summed E-state index contributed by atoms with van der Waals surface area (Å²) in [6, 6.07) is 2.12. The number of hydrogen-bond donors (Lipinski definition) is 0. The van der Waals surface area contributed by atoms with Crippen molar-refractivity contribution in [3.8, 4) is 0 Å². The molecule has 1 aromatic rings. The number of aldehydes is 1. The minimum Gasteiger partial charge on any atom is -0.371 e. The first kappa shape index (κ1) is 14.0. The highest BCUT2D eigenvalue weighted by atomic mass is 19.2. The second-order valence-corrected chi connectivity index (χ2v) is 5.13. The van der Waals surface area contributed by atoms with Gasteiger partial charge in [0.25, 0.3) is 0 Å². The maximum Gasteiger partial charge on any atom is 0.160 e. The number of anilines is 1. The van der Waals surface area contributed by atoms with E-state index in [0.717, 1.165) is 18.7 Å². The molecule has 0 heterocycles. The van der Waals surface area contributed by atoms with Crippen LogP contribution in [0.5, 0.6) is 0 Å². The predicted octanol–water partition coefficient (Wildman–Crippen LogP) is 3.79. The molecule has 2 nitrogen and oxygen atoms in total. The van der Waals surface area contributed by atoms with E-state index in [9.17, 15) is 13.6 Å². The van der Waals surface area contributed by atoms with Gasteiger partial charge in [0, 0.05) is 24.7 Å². The molecule has 0 bridgehead atoms. The van der Waals surface area contributed by atoms with Gasteiger partial charge in [0.15, 0.2) is 17.9 Å². The lowest BCUT2D eigenvalue weighted by Gasteiger charge is -2.27. The van der Waals surface area contributed by atoms with E-state index in [1.165, 1.54) is 25.7 Å². The van der Waals surface area contributed by atoms with Crippen LogP contribution in [-0.2, 0) is 0 Å². The highest BCUT2D eigenvalue weighted by molar-refractivity contribution is 5.84. The van der Waals surface area contributed by atoms with Crippen molar-refractivity contribution in [2.75, 3.05) is 18.0 Å². The zero-order valence-electron chi connectivity index (χ0n) is 11.2. The second-order valence-electron chi connectivity index (χ2n) is 5.13. The first-order chi connectivity index (χ1) is 9.15. The molecule has 19 heavy (non-hydrogen) atoms. The summed E-state index contributed by atoms with van der Waals surface area (Å²) in [6.07, 6.45) is 5.42. The molecule has 0 saturated heterocycles. The lowest BCUT2D eigenvalue weighted by atomic mass is 10.1. The van der Waals surface area contributed by atoms with Crippen molar-refractivity contribution in [1.82, 2.24) is 0 Å². The Bertz CT molecular complexity index is 456. The van der Waals surface area contributed by atoms with Crippen LogP contribution >= 0.6 is 0 Å². The number of hydrogen-bond acceptors (Lipinski definition) is 2. The van der Waals surface area contributed by atoms with Gasteiger partial charge in [-0.1, -0.05) is 12.8 Å². The molecule has 0 aliphatic heterocycles. The summed E-state index contributed by atoms with van der Waals surface area (Å²) in [4.78, 5) is 13.0. The Morgan fingerprint density at radius 2 is 1.89 bits per heavy atom. The third-order valence-corrected chi connectivity index (χ3v) is 3.87. The Balaban J connectivity index is 2.25. The first-order valence-corrected chi connectivity index (χ1v) is 6.84. The molecule has 0 unspecified atom stereocenters. The van der Waals surface area contributed by atoms with Crippen LogP contribution < -0.4 is 4.90 Å². The van der Waals surface area contributed by atoms with E-state index in [0.29, 0.717) is 24.4 Å². The summed E-state index contributed by atoms with van der Waals surface area (Å²) in [6.45, 7) is 3.45. The Labute approximate surface area is 112 Å². The van der Waals surface area contributed by atoms with Gasteiger partial charge in [-0.15, -0.1) is 0 Å². The highest BCUT2D eigenvalue weighted by Gasteiger charge is 2.20. The van der Waals surface area contributed by atoms with Gasteiger partial charge >= 0.3 is 0 Å². The zero-order valence-corrected chi connectivity index (χ0v) is 11.2. The van der Waals surface area contributed by atoms with Gasteiger partial charge in [0.2, 0.25) is 0 Å². The molecular weight excluding hydrogens is 248 g/mol. The smallest absolute Gasteiger partial charge is 0.160 e. The van der Waals surface area contributed by atoms with E-state index in [-0.39, 0.29) is 5.56 Å². The number of carbonyl (C=O) groups excluding carboxylic acids is 1. The van der Waals surface area contributed by atoms with E-state index < -0.39 is 11.6 Å². The van der Waals surface area contributed by atoms with Crippen molar-refractivity contribution >= 4 is 12.0 Å². The summed E-state index contributed by atoms with van der Waals surface area (Å²) < 4.78 is 26.6. The quantitative estimate of drug-likeness (QED) is 0.756. The molecule has 2 rings (SSSR count). The molecule has 0 amide bonds. The molecule has 4 heteroatoms. The van der Waals surface area contributed by atoms with E-state index in [1.54, 1.807) is 0 Å². The van der Waals surface area contributed by atoms with Crippen molar-refractivity contribution in [3.05, 3.63) is 29.3 Å². The molecule has 1 aromatic carbocycles.